The van der Waals surface area contributed by atoms with Gasteiger partial charge >= 0.3 is 7.60 Å². The molecule has 4 radical (unpaired) electrons. The summed E-state index contributed by atoms with van der Waals surface area (Å²) in [6, 6.07) is -1.90. The van der Waals surface area contributed by atoms with Gasteiger partial charge in [-0.05, 0) is 0 Å². The fraction of sp³-hybridized carbons (Fsp3) is 1.00. The van der Waals surface area contributed by atoms with Gasteiger partial charge in [-0.2, -0.15) is 0 Å². The molecule has 0 aromatic rings. The van der Waals surface area contributed by atoms with E-state index in [2.05, 4.69) is 0 Å². The maximum absolute atomic E-state index is 12.6. The van der Waals surface area contributed by atoms with Crippen LogP contribution in [0.2, 0.25) is 0 Å². The third-order valence-corrected chi connectivity index (χ3v) is 5.38. The Morgan fingerprint density at radius 2 is 1.52 bits per heavy atom. The van der Waals surface area contributed by atoms with E-state index in [-0.39, 0.29) is 13.2 Å². The molecule has 2 aliphatic heterocycles. The number of rotatable bonds is 8. The first-order chi connectivity index (χ1) is 11.7. The maximum atomic E-state index is 12.6. The van der Waals surface area contributed by atoms with Crippen molar-refractivity contribution in [2.45, 2.75) is 48.6 Å². The Morgan fingerprint density at radius 1 is 1.00 bits per heavy atom. The number of hydrogen-bond acceptors (Lipinski definition) is 9. The van der Waals surface area contributed by atoms with Crippen LogP contribution >= 0.6 is 7.60 Å². The van der Waals surface area contributed by atoms with Crippen LogP contribution in [0.3, 0.4) is 0 Å². The van der Waals surface area contributed by atoms with Crippen molar-refractivity contribution in [1.29, 1.82) is 0 Å². The van der Waals surface area contributed by atoms with E-state index in [0.29, 0.717) is 0 Å². The van der Waals surface area contributed by atoms with Crippen LogP contribution < -0.4 is 0 Å². The SMILES string of the molecule is [B][C@@H]1O[C@H](COP(C)(=O)OC2[C@@H](COC)O[C@@H]([B])[C@H]2O)C(OC)[C@@H]1O. The van der Waals surface area contributed by atoms with Gasteiger partial charge in [-0.15, -0.1) is 0 Å². The molecule has 12 heteroatoms. The number of hydrogen-bond donors (Lipinski definition) is 2. The van der Waals surface area contributed by atoms with Gasteiger partial charge in [0.15, 0.2) is 0 Å². The molecule has 9 atom stereocenters. The minimum absolute atomic E-state index is 0.105. The lowest BCUT2D eigenvalue weighted by Crippen LogP contribution is -2.37. The summed E-state index contributed by atoms with van der Waals surface area (Å²) in [5, 5.41) is 19.9. The molecular formula is C13H23B2O9P. The Kier molecular flexibility index (Phi) is 7.53. The predicted octanol–water partition coefficient (Wildman–Crippen LogP) is -1.62. The van der Waals surface area contributed by atoms with Crippen molar-refractivity contribution in [3.63, 3.8) is 0 Å². The molecule has 0 amide bonds. The van der Waals surface area contributed by atoms with E-state index in [0.717, 1.165) is 0 Å². The first-order valence-corrected chi connectivity index (χ1v) is 9.79. The van der Waals surface area contributed by atoms with E-state index in [1.165, 1.54) is 20.9 Å². The van der Waals surface area contributed by atoms with Crippen LogP contribution in [0.4, 0.5) is 0 Å². The normalized spacial score (nSPS) is 44.0. The van der Waals surface area contributed by atoms with Gasteiger partial charge in [0.25, 0.3) is 0 Å². The third-order valence-electron chi connectivity index (χ3n) is 4.13. The topological polar surface area (TPSA) is 113 Å². The number of aliphatic hydroxyl groups is 2. The average Bonchev–Trinajstić information content (AvgIpc) is 2.97. The molecule has 0 aromatic carbocycles. The fourth-order valence-electron chi connectivity index (χ4n) is 2.85. The van der Waals surface area contributed by atoms with Crippen molar-refractivity contribution in [3.05, 3.63) is 0 Å². The molecule has 0 saturated carbocycles. The molecule has 2 rings (SSSR count). The fourth-order valence-corrected chi connectivity index (χ4v) is 4.03. The zero-order valence-electron chi connectivity index (χ0n) is 14.4. The van der Waals surface area contributed by atoms with Crippen LogP contribution in [-0.4, -0.2) is 109 Å². The molecule has 2 saturated heterocycles. The van der Waals surface area contributed by atoms with Gasteiger partial charge < -0.3 is 33.7 Å². The Bertz CT molecular complexity index is 484. The van der Waals surface area contributed by atoms with Gasteiger partial charge in [0.2, 0.25) is 0 Å². The second kappa shape index (κ2) is 8.82. The summed E-state index contributed by atoms with van der Waals surface area (Å²) >= 11 is 0. The van der Waals surface area contributed by atoms with Crippen LogP contribution in [0.25, 0.3) is 0 Å². The van der Waals surface area contributed by atoms with Crippen LogP contribution in [0.5, 0.6) is 0 Å². The maximum Gasteiger partial charge on any atom is 0.328 e. The largest absolute Gasteiger partial charge is 0.388 e. The summed E-state index contributed by atoms with van der Waals surface area (Å²) in [7, 11) is 10.5. The lowest BCUT2D eigenvalue weighted by Gasteiger charge is -2.26. The molecule has 9 nitrogen and oxygen atoms in total. The molecule has 0 aliphatic carbocycles. The monoisotopic (exact) mass is 376 g/mol. The summed E-state index contributed by atoms with van der Waals surface area (Å²) in [4.78, 5) is 0. The highest BCUT2D eigenvalue weighted by Crippen LogP contribution is 2.48. The number of ether oxygens (including phenoxy) is 4. The quantitative estimate of drug-likeness (QED) is 0.381. The molecule has 2 aliphatic rings. The van der Waals surface area contributed by atoms with Crippen LogP contribution in [-0.2, 0) is 32.6 Å². The Morgan fingerprint density at radius 3 is 2.04 bits per heavy atom. The molecule has 25 heavy (non-hydrogen) atoms. The van der Waals surface area contributed by atoms with E-state index < -0.39 is 56.2 Å². The highest BCUT2D eigenvalue weighted by molar-refractivity contribution is 7.53. The van der Waals surface area contributed by atoms with Crippen LogP contribution in [0, 0.1) is 0 Å². The van der Waals surface area contributed by atoms with Gasteiger partial charge in [0.05, 0.1) is 13.2 Å². The van der Waals surface area contributed by atoms with Crippen molar-refractivity contribution in [1.82, 2.24) is 0 Å². The summed E-state index contributed by atoms with van der Waals surface area (Å²) in [6.45, 7) is 1.18. The second-order valence-electron chi connectivity index (χ2n) is 6.05. The van der Waals surface area contributed by atoms with E-state index >= 15 is 0 Å². The Balaban J connectivity index is 1.94. The summed E-state index contributed by atoms with van der Waals surface area (Å²) in [5.74, 6) is 0. The third kappa shape index (κ3) is 5.06. The van der Waals surface area contributed by atoms with E-state index in [4.69, 9.17) is 43.7 Å². The molecule has 0 spiro atoms. The van der Waals surface area contributed by atoms with Crippen LogP contribution in [0.15, 0.2) is 0 Å². The van der Waals surface area contributed by atoms with E-state index in [9.17, 15) is 14.8 Å². The molecule has 2 heterocycles. The zero-order valence-corrected chi connectivity index (χ0v) is 15.3. The smallest absolute Gasteiger partial charge is 0.328 e. The summed E-state index contributed by atoms with van der Waals surface area (Å²) < 4.78 is 44.1. The average molecular weight is 376 g/mol. The van der Waals surface area contributed by atoms with Crippen LogP contribution in [0.1, 0.15) is 0 Å². The molecule has 3 unspecified atom stereocenters. The van der Waals surface area contributed by atoms with Gasteiger partial charge in [-0.1, -0.05) is 0 Å². The first-order valence-electron chi connectivity index (χ1n) is 7.80. The van der Waals surface area contributed by atoms with E-state index in [1.807, 2.05) is 0 Å². The molecule has 2 fully saturated rings. The molecule has 0 bridgehead atoms. The van der Waals surface area contributed by atoms with Crippen molar-refractivity contribution in [3.8, 4) is 0 Å². The highest BCUT2D eigenvalue weighted by Gasteiger charge is 2.46. The molecule has 0 aromatic heterocycles. The van der Waals surface area contributed by atoms with Crippen molar-refractivity contribution in [2.24, 2.45) is 0 Å². The van der Waals surface area contributed by atoms with Gasteiger partial charge in [-0.3, -0.25) is 9.09 Å². The Labute approximate surface area is 149 Å². The highest BCUT2D eigenvalue weighted by atomic mass is 31.2. The van der Waals surface area contributed by atoms with E-state index in [1.54, 1.807) is 0 Å². The van der Waals surface area contributed by atoms with Gasteiger partial charge in [-0.25, -0.2) is 0 Å². The van der Waals surface area contributed by atoms with Gasteiger partial charge in [0, 0.05) is 32.9 Å². The molecule has 2 N–H and O–H groups in total. The lowest BCUT2D eigenvalue weighted by atomic mass is 9.93. The minimum atomic E-state index is -3.60. The second-order valence-corrected chi connectivity index (χ2v) is 8.06. The minimum Gasteiger partial charge on any atom is -0.388 e. The standard InChI is InChI=1S/C13H23B2O9P/c1-19-4-6-11(9(17)13(15)22-6)24-25(3,18)21-5-7-10(20-2)8(16)12(14)23-7/h6-13,16-17H,4-5H2,1-3H3/t6-,7-,8+,9+,10?,11?,12-,13-,25?/m1/s1. The number of aliphatic hydroxyl groups excluding tert-OH is 2. The predicted molar refractivity (Wildman–Crippen MR) is 87.9 cm³/mol. The molecular weight excluding hydrogens is 353 g/mol. The summed E-state index contributed by atoms with van der Waals surface area (Å²) in [5.41, 5.74) is 0. The van der Waals surface area contributed by atoms with Crippen molar-refractivity contribution >= 4 is 23.3 Å². The number of methoxy groups -OCH3 is 2. The summed E-state index contributed by atoms with van der Waals surface area (Å²) in [6.07, 6.45) is -5.29. The van der Waals surface area contributed by atoms with Gasteiger partial charge in [0.1, 0.15) is 52.3 Å². The zero-order chi connectivity index (χ0) is 18.8. The van der Waals surface area contributed by atoms with Crippen molar-refractivity contribution < 1.29 is 42.8 Å². The Hall–Kier alpha value is 0.0399. The first kappa shape index (κ1) is 21.3. The lowest BCUT2D eigenvalue weighted by molar-refractivity contribution is -0.0375. The molecule has 140 valence electrons. The van der Waals surface area contributed by atoms with Crippen molar-refractivity contribution in [2.75, 3.05) is 34.1 Å².